The van der Waals surface area contributed by atoms with E-state index in [2.05, 4.69) is 9.97 Å². The summed E-state index contributed by atoms with van der Waals surface area (Å²) in [5.74, 6) is -0.493. The van der Waals surface area contributed by atoms with Gasteiger partial charge >= 0.3 is 0 Å². The molecule has 4 nitrogen and oxygen atoms in total. The van der Waals surface area contributed by atoms with Crippen LogP contribution in [0.2, 0.25) is 0 Å². The van der Waals surface area contributed by atoms with E-state index in [0.29, 0.717) is 10.5 Å². The number of imidazole rings is 1. The molecule has 0 fully saturated rings. The lowest BCUT2D eigenvalue weighted by molar-refractivity contribution is 0.618. The SMILES string of the molecule is N#Cc1ccc(-n2c(=S)[nH]c3cnccc32)c(F)c1. The van der Waals surface area contributed by atoms with Gasteiger partial charge in [0.1, 0.15) is 5.82 Å². The molecule has 1 N–H and O–H groups in total. The molecule has 19 heavy (non-hydrogen) atoms. The summed E-state index contributed by atoms with van der Waals surface area (Å²) in [4.78, 5) is 6.95. The number of benzene rings is 1. The molecule has 2 aromatic heterocycles. The second kappa shape index (κ2) is 4.30. The van der Waals surface area contributed by atoms with Gasteiger partial charge in [-0.15, -0.1) is 0 Å². The summed E-state index contributed by atoms with van der Waals surface area (Å²) in [6, 6.07) is 7.93. The van der Waals surface area contributed by atoms with Crippen molar-refractivity contribution in [2.75, 3.05) is 0 Å². The Labute approximate surface area is 112 Å². The van der Waals surface area contributed by atoms with Crippen molar-refractivity contribution in [1.29, 1.82) is 5.26 Å². The van der Waals surface area contributed by atoms with Crippen LogP contribution < -0.4 is 0 Å². The van der Waals surface area contributed by atoms with Crippen LogP contribution in [-0.2, 0) is 0 Å². The minimum Gasteiger partial charge on any atom is -0.329 e. The zero-order valence-electron chi connectivity index (χ0n) is 9.59. The molecule has 2 heterocycles. The molecular weight excluding hydrogens is 263 g/mol. The van der Waals surface area contributed by atoms with Crippen LogP contribution >= 0.6 is 12.2 Å². The number of aromatic amines is 1. The molecule has 1 aromatic carbocycles. The van der Waals surface area contributed by atoms with E-state index in [1.165, 1.54) is 12.1 Å². The summed E-state index contributed by atoms with van der Waals surface area (Å²) in [5.41, 5.74) is 2.05. The van der Waals surface area contributed by atoms with Gasteiger partial charge in [-0.1, -0.05) is 0 Å². The minimum atomic E-state index is -0.493. The van der Waals surface area contributed by atoms with Crippen molar-refractivity contribution in [1.82, 2.24) is 14.5 Å². The third kappa shape index (κ3) is 1.80. The number of pyridine rings is 1. The maximum atomic E-state index is 14.1. The molecule has 0 unspecified atom stereocenters. The van der Waals surface area contributed by atoms with E-state index in [9.17, 15) is 4.39 Å². The number of nitriles is 1. The van der Waals surface area contributed by atoms with Crippen molar-refractivity contribution in [3.8, 4) is 11.8 Å². The van der Waals surface area contributed by atoms with E-state index in [-0.39, 0.29) is 5.56 Å². The quantitative estimate of drug-likeness (QED) is 0.691. The average Bonchev–Trinajstić information content (AvgIpc) is 2.75. The maximum absolute atomic E-state index is 14.1. The molecule has 3 aromatic rings. The van der Waals surface area contributed by atoms with E-state index in [0.717, 1.165) is 11.0 Å². The number of hydrogen-bond acceptors (Lipinski definition) is 3. The number of halogens is 1. The molecule has 0 bridgehead atoms. The van der Waals surface area contributed by atoms with Crippen LogP contribution in [0, 0.1) is 21.9 Å². The van der Waals surface area contributed by atoms with Crippen LogP contribution in [0.5, 0.6) is 0 Å². The summed E-state index contributed by atoms with van der Waals surface area (Å²) < 4.78 is 16.0. The molecule has 92 valence electrons. The lowest BCUT2D eigenvalue weighted by Gasteiger charge is -2.06. The number of H-pyrrole nitrogens is 1. The van der Waals surface area contributed by atoms with E-state index >= 15 is 0 Å². The molecule has 0 saturated carbocycles. The second-order valence-electron chi connectivity index (χ2n) is 3.94. The molecule has 0 aliphatic carbocycles. The number of fused-ring (bicyclic) bond motifs is 1. The van der Waals surface area contributed by atoms with Crippen LogP contribution in [0.25, 0.3) is 16.7 Å². The molecule has 0 spiro atoms. The molecule has 0 aliphatic heterocycles. The molecule has 0 aliphatic rings. The van der Waals surface area contributed by atoms with Gasteiger partial charge in [0.25, 0.3) is 0 Å². The van der Waals surface area contributed by atoms with Crippen molar-refractivity contribution in [2.45, 2.75) is 0 Å². The molecule has 3 rings (SSSR count). The Morgan fingerprint density at radius 3 is 2.95 bits per heavy atom. The molecular formula is C13H7FN4S. The standard InChI is InChI=1S/C13H7FN4S/c14-9-5-8(6-15)1-2-11(9)18-12-3-4-16-7-10(12)17-13(18)19/h1-5,7H,(H,17,19). The predicted octanol–water partition coefficient (Wildman–Crippen LogP) is 3.09. The normalized spacial score (nSPS) is 10.5. The molecule has 0 amide bonds. The van der Waals surface area contributed by atoms with Crippen molar-refractivity contribution in [3.05, 3.63) is 52.8 Å². The van der Waals surface area contributed by atoms with Gasteiger partial charge in [-0.3, -0.25) is 9.55 Å². The van der Waals surface area contributed by atoms with Crippen LogP contribution in [0.3, 0.4) is 0 Å². The lowest BCUT2D eigenvalue weighted by atomic mass is 10.2. The number of nitrogens with one attached hydrogen (secondary N) is 1. The Balaban J connectivity index is 2.34. The van der Waals surface area contributed by atoms with Gasteiger partial charge in [0, 0.05) is 6.20 Å². The Kier molecular flexibility index (Phi) is 2.62. The van der Waals surface area contributed by atoms with Gasteiger partial charge < -0.3 is 4.98 Å². The zero-order valence-corrected chi connectivity index (χ0v) is 10.4. The summed E-state index contributed by atoms with van der Waals surface area (Å²) in [6.07, 6.45) is 3.24. The van der Waals surface area contributed by atoms with Gasteiger partial charge in [0.15, 0.2) is 4.77 Å². The molecule has 0 saturated heterocycles. The highest BCUT2D eigenvalue weighted by Gasteiger charge is 2.11. The highest BCUT2D eigenvalue weighted by Crippen LogP contribution is 2.21. The van der Waals surface area contributed by atoms with Gasteiger partial charge in [-0.25, -0.2) is 4.39 Å². The van der Waals surface area contributed by atoms with Gasteiger partial charge in [-0.05, 0) is 36.5 Å². The first-order chi connectivity index (χ1) is 9.20. The van der Waals surface area contributed by atoms with E-state index in [1.807, 2.05) is 6.07 Å². The predicted molar refractivity (Wildman–Crippen MR) is 70.9 cm³/mol. The van der Waals surface area contributed by atoms with Crippen LogP contribution in [-0.4, -0.2) is 14.5 Å². The lowest BCUT2D eigenvalue weighted by Crippen LogP contribution is -1.98. The van der Waals surface area contributed by atoms with Crippen LogP contribution in [0.15, 0.2) is 36.7 Å². The fraction of sp³-hybridized carbons (Fsp3) is 0. The van der Waals surface area contributed by atoms with Gasteiger partial charge in [0.05, 0.1) is 34.6 Å². The van der Waals surface area contributed by atoms with Crippen molar-refractivity contribution in [2.24, 2.45) is 0 Å². The third-order valence-electron chi connectivity index (χ3n) is 2.80. The minimum absolute atomic E-state index is 0.272. The first-order valence-electron chi connectivity index (χ1n) is 5.45. The summed E-state index contributed by atoms with van der Waals surface area (Å²) in [7, 11) is 0. The summed E-state index contributed by atoms with van der Waals surface area (Å²) >= 11 is 5.20. The monoisotopic (exact) mass is 270 g/mol. The third-order valence-corrected chi connectivity index (χ3v) is 3.09. The van der Waals surface area contributed by atoms with E-state index < -0.39 is 5.82 Å². The van der Waals surface area contributed by atoms with E-state index in [4.69, 9.17) is 17.5 Å². The fourth-order valence-corrected chi connectivity index (χ4v) is 2.26. The highest BCUT2D eigenvalue weighted by molar-refractivity contribution is 7.71. The zero-order chi connectivity index (χ0) is 13.4. The topological polar surface area (TPSA) is 57.4 Å². The number of hydrogen-bond donors (Lipinski definition) is 1. The van der Waals surface area contributed by atoms with Crippen LogP contribution in [0.1, 0.15) is 5.56 Å². The Bertz CT molecular complexity index is 872. The smallest absolute Gasteiger partial charge is 0.182 e. The first kappa shape index (κ1) is 11.6. The maximum Gasteiger partial charge on any atom is 0.182 e. The van der Waals surface area contributed by atoms with E-state index in [1.54, 1.807) is 29.1 Å². The Hall–Kier alpha value is -2.52. The molecule has 0 atom stereocenters. The summed E-state index contributed by atoms with van der Waals surface area (Å²) in [5, 5.41) is 8.75. The van der Waals surface area contributed by atoms with Crippen LogP contribution in [0.4, 0.5) is 4.39 Å². The fourth-order valence-electron chi connectivity index (χ4n) is 1.96. The Morgan fingerprint density at radius 1 is 1.37 bits per heavy atom. The Morgan fingerprint density at radius 2 is 2.21 bits per heavy atom. The average molecular weight is 270 g/mol. The number of rotatable bonds is 1. The second-order valence-corrected chi connectivity index (χ2v) is 4.32. The highest BCUT2D eigenvalue weighted by atomic mass is 32.1. The van der Waals surface area contributed by atoms with Crippen molar-refractivity contribution < 1.29 is 4.39 Å². The van der Waals surface area contributed by atoms with Crippen molar-refractivity contribution >= 4 is 23.3 Å². The number of aromatic nitrogens is 3. The summed E-state index contributed by atoms with van der Waals surface area (Å²) in [6.45, 7) is 0. The van der Waals surface area contributed by atoms with Crippen molar-refractivity contribution in [3.63, 3.8) is 0 Å². The molecule has 0 radical (unpaired) electrons. The number of nitrogens with zero attached hydrogens (tertiary/aromatic N) is 3. The van der Waals surface area contributed by atoms with Gasteiger partial charge in [-0.2, -0.15) is 5.26 Å². The molecule has 6 heteroatoms. The first-order valence-corrected chi connectivity index (χ1v) is 5.86. The largest absolute Gasteiger partial charge is 0.329 e. The van der Waals surface area contributed by atoms with Gasteiger partial charge in [0.2, 0.25) is 0 Å².